The molecule has 11 heavy (non-hydrogen) atoms. The van der Waals surface area contributed by atoms with E-state index in [4.69, 9.17) is 5.11 Å². The van der Waals surface area contributed by atoms with Crippen LogP contribution in [0.1, 0.15) is 0 Å². The molecule has 0 aromatic rings. The number of nitrogens with zero attached hydrogens (tertiary/aromatic N) is 1. The van der Waals surface area contributed by atoms with Crippen LogP contribution in [0.15, 0.2) is 16.6 Å². The molecule has 1 heterocycles. The Hall–Kier alpha value is -0.710. The second kappa shape index (κ2) is 3.13. The first-order valence-corrected chi connectivity index (χ1v) is 3.69. The molecular formula is C6H5BrFNO2. The Morgan fingerprint density at radius 2 is 2.55 bits per heavy atom. The molecule has 0 aromatic heterocycles. The maximum atomic E-state index is 12.7. The molecule has 1 aliphatic heterocycles. The first kappa shape index (κ1) is 8.39. The topological polar surface area (TPSA) is 49.7 Å². The van der Waals surface area contributed by atoms with Crippen LogP contribution in [0.3, 0.4) is 0 Å². The predicted molar refractivity (Wildman–Crippen MR) is 41.8 cm³/mol. The fourth-order valence-corrected chi connectivity index (χ4v) is 1.12. The number of carboxylic acids is 1. The highest BCUT2D eigenvalue weighted by Gasteiger charge is 2.22. The molecule has 1 unspecified atom stereocenters. The number of aliphatic imine (C=N–C) groups is 1. The first-order valence-electron chi connectivity index (χ1n) is 2.90. The van der Waals surface area contributed by atoms with Crippen LogP contribution in [-0.2, 0) is 4.79 Å². The summed E-state index contributed by atoms with van der Waals surface area (Å²) in [4.78, 5) is 14.0. The number of rotatable bonds is 1. The Balaban J connectivity index is 2.90. The van der Waals surface area contributed by atoms with Crippen LogP contribution in [0, 0.1) is 0 Å². The van der Waals surface area contributed by atoms with Gasteiger partial charge in [-0.1, -0.05) is 0 Å². The van der Waals surface area contributed by atoms with Crippen LogP contribution >= 0.6 is 15.9 Å². The third-order valence-electron chi connectivity index (χ3n) is 1.26. The number of aliphatic carboxylic acids is 1. The molecule has 0 fully saturated rings. The Morgan fingerprint density at radius 1 is 1.91 bits per heavy atom. The number of dihydropyridines is 1. The largest absolute Gasteiger partial charge is 0.478 e. The van der Waals surface area contributed by atoms with Crippen molar-refractivity contribution in [2.24, 2.45) is 4.99 Å². The van der Waals surface area contributed by atoms with Gasteiger partial charge in [-0.3, -0.25) is 4.99 Å². The smallest absolute Gasteiger partial charge is 0.334 e. The zero-order chi connectivity index (χ0) is 8.43. The van der Waals surface area contributed by atoms with Gasteiger partial charge in [0.25, 0.3) is 0 Å². The van der Waals surface area contributed by atoms with Crippen LogP contribution in [-0.4, -0.2) is 28.4 Å². The van der Waals surface area contributed by atoms with Crippen LogP contribution < -0.4 is 0 Å². The lowest BCUT2D eigenvalue weighted by atomic mass is 10.1. The van der Waals surface area contributed by atoms with Crippen LogP contribution in [0.5, 0.6) is 0 Å². The van der Waals surface area contributed by atoms with Crippen LogP contribution in [0.25, 0.3) is 0 Å². The van der Waals surface area contributed by atoms with E-state index in [0.29, 0.717) is 4.62 Å². The summed E-state index contributed by atoms with van der Waals surface area (Å²) in [5.74, 6) is -1.23. The van der Waals surface area contributed by atoms with Crippen molar-refractivity contribution in [3.05, 3.63) is 11.6 Å². The molecule has 0 spiro atoms. The van der Waals surface area contributed by atoms with E-state index in [1.165, 1.54) is 6.08 Å². The zero-order valence-electron chi connectivity index (χ0n) is 5.42. The minimum Gasteiger partial charge on any atom is -0.478 e. The van der Waals surface area contributed by atoms with Gasteiger partial charge in [-0.15, -0.1) is 0 Å². The average molecular weight is 222 g/mol. The number of allylic oxidation sites excluding steroid dienone is 1. The summed E-state index contributed by atoms with van der Waals surface area (Å²) in [7, 11) is 0. The van der Waals surface area contributed by atoms with E-state index in [1.807, 2.05) is 0 Å². The van der Waals surface area contributed by atoms with Gasteiger partial charge in [0, 0.05) is 0 Å². The molecule has 3 nitrogen and oxygen atoms in total. The summed E-state index contributed by atoms with van der Waals surface area (Å²) in [6.45, 7) is -0.112. The second-order valence-electron chi connectivity index (χ2n) is 2.04. The van der Waals surface area contributed by atoms with Crippen molar-refractivity contribution in [3.8, 4) is 0 Å². The number of hydrogen-bond donors (Lipinski definition) is 1. The molecule has 5 heteroatoms. The van der Waals surface area contributed by atoms with Crippen molar-refractivity contribution >= 4 is 26.5 Å². The van der Waals surface area contributed by atoms with E-state index >= 15 is 0 Å². The molecule has 60 valence electrons. The lowest BCUT2D eigenvalue weighted by Gasteiger charge is -2.10. The molecule has 0 amide bonds. The van der Waals surface area contributed by atoms with Gasteiger partial charge in [-0.2, -0.15) is 0 Å². The molecule has 0 radical (unpaired) electrons. The molecule has 0 saturated carbocycles. The maximum absolute atomic E-state index is 12.7. The molecular weight excluding hydrogens is 217 g/mol. The lowest BCUT2D eigenvalue weighted by molar-refractivity contribution is -0.133. The molecule has 0 bridgehead atoms. The predicted octanol–water partition coefficient (Wildman–Crippen LogP) is 1.14. The summed E-state index contributed by atoms with van der Waals surface area (Å²) in [5.41, 5.74) is -0.244. The molecule has 1 atom stereocenters. The van der Waals surface area contributed by atoms with E-state index in [0.717, 1.165) is 0 Å². The van der Waals surface area contributed by atoms with Crippen LogP contribution in [0.4, 0.5) is 4.39 Å². The van der Waals surface area contributed by atoms with Gasteiger partial charge in [0.15, 0.2) is 6.17 Å². The van der Waals surface area contributed by atoms with E-state index in [2.05, 4.69) is 20.9 Å². The summed E-state index contributed by atoms with van der Waals surface area (Å²) in [6, 6.07) is 0. The minimum absolute atomic E-state index is 0.112. The maximum Gasteiger partial charge on any atom is 0.334 e. The van der Waals surface area contributed by atoms with Gasteiger partial charge in [0.2, 0.25) is 0 Å². The Labute approximate surface area is 70.8 Å². The summed E-state index contributed by atoms with van der Waals surface area (Å²) in [6.07, 6.45) is -0.301. The fourth-order valence-electron chi connectivity index (χ4n) is 0.726. The van der Waals surface area contributed by atoms with Gasteiger partial charge < -0.3 is 5.11 Å². The fraction of sp³-hybridized carbons (Fsp3) is 0.333. The third-order valence-corrected chi connectivity index (χ3v) is 1.74. The van der Waals surface area contributed by atoms with Gasteiger partial charge in [-0.05, 0) is 22.0 Å². The van der Waals surface area contributed by atoms with Crippen molar-refractivity contribution in [2.45, 2.75) is 6.17 Å². The van der Waals surface area contributed by atoms with Crippen molar-refractivity contribution in [1.29, 1.82) is 0 Å². The van der Waals surface area contributed by atoms with E-state index in [1.54, 1.807) is 0 Å². The normalized spacial score (nSPS) is 24.0. The SMILES string of the molecule is O=C(O)C1=CC(Br)=NCC1F. The van der Waals surface area contributed by atoms with E-state index < -0.39 is 12.1 Å². The number of halogens is 2. The quantitative estimate of drug-likeness (QED) is 0.723. The molecule has 1 aliphatic rings. The monoisotopic (exact) mass is 221 g/mol. The summed E-state index contributed by atoms with van der Waals surface area (Å²) < 4.78 is 13.1. The van der Waals surface area contributed by atoms with Crippen molar-refractivity contribution in [3.63, 3.8) is 0 Å². The average Bonchev–Trinajstić information content (AvgIpc) is 1.94. The van der Waals surface area contributed by atoms with Gasteiger partial charge in [0.05, 0.1) is 12.1 Å². The van der Waals surface area contributed by atoms with Crippen LogP contribution in [0.2, 0.25) is 0 Å². The highest BCUT2D eigenvalue weighted by molar-refractivity contribution is 9.18. The number of carbonyl (C=O) groups is 1. The molecule has 1 N–H and O–H groups in total. The number of hydrogen-bond acceptors (Lipinski definition) is 2. The Morgan fingerprint density at radius 3 is 3.00 bits per heavy atom. The van der Waals surface area contributed by atoms with E-state index in [-0.39, 0.29) is 12.1 Å². The minimum atomic E-state index is -1.48. The van der Waals surface area contributed by atoms with Gasteiger partial charge >= 0.3 is 5.97 Å². The summed E-state index contributed by atoms with van der Waals surface area (Å²) >= 11 is 2.97. The number of alkyl halides is 1. The Kier molecular flexibility index (Phi) is 2.38. The number of carboxylic acid groups (broad SMARTS) is 1. The van der Waals surface area contributed by atoms with Crippen molar-refractivity contribution in [1.82, 2.24) is 0 Å². The third kappa shape index (κ3) is 1.86. The highest BCUT2D eigenvalue weighted by Crippen LogP contribution is 2.14. The Bertz CT molecular complexity index is 249. The lowest BCUT2D eigenvalue weighted by Crippen LogP contribution is -2.20. The molecule has 1 rings (SSSR count). The zero-order valence-corrected chi connectivity index (χ0v) is 7.01. The van der Waals surface area contributed by atoms with Crippen molar-refractivity contribution in [2.75, 3.05) is 6.54 Å². The molecule has 0 aliphatic carbocycles. The molecule has 0 saturated heterocycles. The van der Waals surface area contributed by atoms with Crippen molar-refractivity contribution < 1.29 is 14.3 Å². The second-order valence-corrected chi connectivity index (χ2v) is 2.85. The molecule has 0 aromatic carbocycles. The first-order chi connectivity index (χ1) is 5.11. The van der Waals surface area contributed by atoms with E-state index in [9.17, 15) is 9.18 Å². The van der Waals surface area contributed by atoms with Gasteiger partial charge in [-0.25, -0.2) is 9.18 Å². The standard InChI is InChI=1S/C6H5BrFNO2/c7-5-1-3(6(10)11)4(8)2-9-5/h1,4H,2H2,(H,10,11). The highest BCUT2D eigenvalue weighted by atomic mass is 79.9. The summed E-state index contributed by atoms with van der Waals surface area (Å²) in [5, 5.41) is 8.44. The van der Waals surface area contributed by atoms with Gasteiger partial charge in [0.1, 0.15) is 4.62 Å².